The predicted octanol–water partition coefficient (Wildman–Crippen LogP) is 2.09. The number of H-pyrrole nitrogens is 1. The molecule has 0 radical (unpaired) electrons. The van der Waals surface area contributed by atoms with Gasteiger partial charge in [-0.3, -0.25) is 5.10 Å². The van der Waals surface area contributed by atoms with Gasteiger partial charge in [0, 0.05) is 23.3 Å². The molecule has 0 bridgehead atoms. The van der Waals surface area contributed by atoms with Crippen molar-refractivity contribution in [3.05, 3.63) is 17.0 Å². The van der Waals surface area contributed by atoms with Crippen molar-refractivity contribution in [2.24, 2.45) is 5.92 Å². The Hall–Kier alpha value is -0.830. The molecule has 3 heteroatoms. The molecule has 82 valence electrons. The van der Waals surface area contributed by atoms with Crippen LogP contribution in [0.15, 0.2) is 0 Å². The third-order valence-corrected chi connectivity index (χ3v) is 3.78. The van der Waals surface area contributed by atoms with E-state index in [1.165, 1.54) is 36.2 Å². The summed E-state index contributed by atoms with van der Waals surface area (Å²) in [5.74, 6) is 0.745. The van der Waals surface area contributed by atoms with Crippen LogP contribution >= 0.6 is 0 Å². The second-order valence-electron chi connectivity index (χ2n) is 5.14. The monoisotopic (exact) mass is 205 g/mol. The summed E-state index contributed by atoms with van der Waals surface area (Å²) in [6.07, 6.45) is 5.12. The van der Waals surface area contributed by atoms with E-state index in [2.05, 4.69) is 29.4 Å². The van der Waals surface area contributed by atoms with Crippen molar-refractivity contribution < 1.29 is 0 Å². The van der Waals surface area contributed by atoms with Crippen molar-refractivity contribution in [1.82, 2.24) is 15.5 Å². The highest BCUT2D eigenvalue weighted by Crippen LogP contribution is 2.37. The van der Waals surface area contributed by atoms with Crippen LogP contribution in [0.3, 0.4) is 0 Å². The molecule has 1 aromatic heterocycles. The highest BCUT2D eigenvalue weighted by Gasteiger charge is 2.34. The molecule has 3 rings (SSSR count). The zero-order valence-electron chi connectivity index (χ0n) is 9.51. The van der Waals surface area contributed by atoms with Gasteiger partial charge in [-0.05, 0) is 38.5 Å². The summed E-state index contributed by atoms with van der Waals surface area (Å²) in [5, 5.41) is 11.3. The average Bonchev–Trinajstić information content (AvgIpc) is 2.96. The Morgan fingerprint density at radius 3 is 2.87 bits per heavy atom. The minimum atomic E-state index is 0.542. The molecule has 0 saturated heterocycles. The number of nitrogens with zero attached hydrogens (tertiary/aromatic N) is 1. The van der Waals surface area contributed by atoms with Gasteiger partial charge in [0.2, 0.25) is 0 Å². The Kier molecular flexibility index (Phi) is 2.09. The van der Waals surface area contributed by atoms with Gasteiger partial charge in [0.25, 0.3) is 0 Å². The smallest absolute Gasteiger partial charge is 0.0672 e. The van der Waals surface area contributed by atoms with Gasteiger partial charge in [-0.2, -0.15) is 5.10 Å². The summed E-state index contributed by atoms with van der Waals surface area (Å²) in [5.41, 5.74) is 4.01. The third-order valence-electron chi connectivity index (χ3n) is 3.78. The molecule has 0 aliphatic heterocycles. The van der Waals surface area contributed by atoms with Crippen LogP contribution in [0.1, 0.15) is 49.2 Å². The van der Waals surface area contributed by atoms with Crippen LogP contribution in [0, 0.1) is 12.8 Å². The SMILES string of the molecule is Cc1[nH]nc2c1C(NC1CC1)C(C)CC2. The molecule has 3 nitrogen and oxygen atoms in total. The van der Waals surface area contributed by atoms with Crippen LogP contribution in [0.2, 0.25) is 0 Å². The summed E-state index contributed by atoms with van der Waals surface area (Å²) in [6, 6.07) is 1.32. The number of rotatable bonds is 2. The molecule has 1 aromatic rings. The lowest BCUT2D eigenvalue weighted by atomic mass is 9.83. The van der Waals surface area contributed by atoms with E-state index in [1.54, 1.807) is 0 Å². The lowest BCUT2D eigenvalue weighted by Gasteiger charge is -2.30. The Balaban J connectivity index is 1.92. The lowest BCUT2D eigenvalue weighted by Crippen LogP contribution is -2.32. The molecular weight excluding hydrogens is 186 g/mol. The Labute approximate surface area is 90.7 Å². The first kappa shape index (κ1) is 9.40. The lowest BCUT2D eigenvalue weighted by molar-refractivity contribution is 0.340. The normalized spacial score (nSPS) is 30.3. The summed E-state index contributed by atoms with van der Waals surface area (Å²) < 4.78 is 0. The molecule has 2 atom stereocenters. The number of hydrogen-bond donors (Lipinski definition) is 2. The van der Waals surface area contributed by atoms with Crippen LogP contribution in [0.4, 0.5) is 0 Å². The molecule has 1 heterocycles. The Morgan fingerprint density at radius 1 is 1.33 bits per heavy atom. The molecule has 15 heavy (non-hydrogen) atoms. The van der Waals surface area contributed by atoms with Gasteiger partial charge < -0.3 is 5.32 Å². The fraction of sp³-hybridized carbons (Fsp3) is 0.750. The van der Waals surface area contributed by atoms with E-state index in [9.17, 15) is 0 Å². The first-order valence-corrected chi connectivity index (χ1v) is 6.05. The van der Waals surface area contributed by atoms with E-state index in [4.69, 9.17) is 0 Å². The van der Waals surface area contributed by atoms with Crippen molar-refractivity contribution in [1.29, 1.82) is 0 Å². The van der Waals surface area contributed by atoms with E-state index in [0.29, 0.717) is 6.04 Å². The largest absolute Gasteiger partial charge is 0.307 e. The number of fused-ring (bicyclic) bond motifs is 1. The van der Waals surface area contributed by atoms with Gasteiger partial charge in [-0.25, -0.2) is 0 Å². The molecule has 2 aliphatic rings. The molecule has 0 spiro atoms. The number of hydrogen-bond acceptors (Lipinski definition) is 2. The van der Waals surface area contributed by atoms with Crippen molar-refractivity contribution in [2.45, 2.75) is 51.6 Å². The number of aryl methyl sites for hydroxylation is 2. The third kappa shape index (κ3) is 1.59. The molecular formula is C12H19N3. The molecule has 1 fully saturated rings. The van der Waals surface area contributed by atoms with Crippen LogP contribution in [-0.2, 0) is 6.42 Å². The minimum Gasteiger partial charge on any atom is -0.307 e. The molecule has 2 unspecified atom stereocenters. The van der Waals surface area contributed by atoms with Crippen molar-refractivity contribution >= 4 is 0 Å². The molecule has 1 saturated carbocycles. The number of aromatic nitrogens is 2. The van der Waals surface area contributed by atoms with Crippen LogP contribution in [0.5, 0.6) is 0 Å². The molecule has 2 N–H and O–H groups in total. The summed E-state index contributed by atoms with van der Waals surface area (Å²) in [4.78, 5) is 0. The highest BCUT2D eigenvalue weighted by atomic mass is 15.1. The van der Waals surface area contributed by atoms with Gasteiger partial charge in [-0.1, -0.05) is 6.92 Å². The fourth-order valence-electron chi connectivity index (χ4n) is 2.66. The topological polar surface area (TPSA) is 40.7 Å². The quantitative estimate of drug-likeness (QED) is 0.776. The average molecular weight is 205 g/mol. The first-order chi connectivity index (χ1) is 7.25. The first-order valence-electron chi connectivity index (χ1n) is 6.05. The Morgan fingerprint density at radius 2 is 2.13 bits per heavy atom. The van der Waals surface area contributed by atoms with E-state index in [1.807, 2.05) is 0 Å². The van der Waals surface area contributed by atoms with Crippen LogP contribution in [0.25, 0.3) is 0 Å². The molecule has 2 aliphatic carbocycles. The second kappa shape index (κ2) is 3.34. The fourth-order valence-corrected chi connectivity index (χ4v) is 2.66. The predicted molar refractivity (Wildman–Crippen MR) is 59.7 cm³/mol. The van der Waals surface area contributed by atoms with Gasteiger partial charge in [0.1, 0.15) is 0 Å². The maximum Gasteiger partial charge on any atom is 0.0672 e. The zero-order chi connectivity index (χ0) is 10.4. The summed E-state index contributed by atoms with van der Waals surface area (Å²) in [7, 11) is 0. The highest BCUT2D eigenvalue weighted by molar-refractivity contribution is 5.31. The standard InChI is InChI=1S/C12H19N3/c1-7-3-6-10-11(8(2)14-15-10)12(7)13-9-4-5-9/h7,9,12-13H,3-6H2,1-2H3,(H,14,15). The Bertz CT molecular complexity index is 365. The van der Waals surface area contributed by atoms with E-state index in [-0.39, 0.29) is 0 Å². The summed E-state index contributed by atoms with van der Waals surface area (Å²) >= 11 is 0. The van der Waals surface area contributed by atoms with Crippen molar-refractivity contribution in [3.63, 3.8) is 0 Å². The van der Waals surface area contributed by atoms with E-state index < -0.39 is 0 Å². The van der Waals surface area contributed by atoms with Crippen molar-refractivity contribution in [2.75, 3.05) is 0 Å². The molecule has 0 aromatic carbocycles. The number of aromatic amines is 1. The second-order valence-corrected chi connectivity index (χ2v) is 5.14. The van der Waals surface area contributed by atoms with Crippen LogP contribution in [-0.4, -0.2) is 16.2 Å². The van der Waals surface area contributed by atoms with E-state index >= 15 is 0 Å². The number of nitrogens with one attached hydrogen (secondary N) is 2. The summed E-state index contributed by atoms with van der Waals surface area (Å²) in [6.45, 7) is 4.50. The molecule has 0 amide bonds. The minimum absolute atomic E-state index is 0.542. The van der Waals surface area contributed by atoms with Gasteiger partial charge in [-0.15, -0.1) is 0 Å². The van der Waals surface area contributed by atoms with Gasteiger partial charge in [0.15, 0.2) is 0 Å². The van der Waals surface area contributed by atoms with Gasteiger partial charge >= 0.3 is 0 Å². The van der Waals surface area contributed by atoms with Crippen LogP contribution < -0.4 is 5.32 Å². The van der Waals surface area contributed by atoms with Crippen molar-refractivity contribution in [3.8, 4) is 0 Å². The van der Waals surface area contributed by atoms with Gasteiger partial charge in [0.05, 0.1) is 5.69 Å². The maximum absolute atomic E-state index is 4.40. The zero-order valence-corrected chi connectivity index (χ0v) is 9.51. The van der Waals surface area contributed by atoms with E-state index in [0.717, 1.165) is 18.4 Å². The maximum atomic E-state index is 4.40.